The Morgan fingerprint density at radius 1 is 1.20 bits per heavy atom. The summed E-state index contributed by atoms with van der Waals surface area (Å²) in [7, 11) is 4.20. The average Bonchev–Trinajstić information content (AvgIpc) is 2.92. The van der Waals surface area contributed by atoms with Gasteiger partial charge in [0.15, 0.2) is 0 Å². The van der Waals surface area contributed by atoms with E-state index in [4.69, 9.17) is 4.42 Å². The Labute approximate surface area is 124 Å². The lowest BCUT2D eigenvalue weighted by Crippen LogP contribution is -2.35. The zero-order chi connectivity index (χ0) is 14.8. The maximum absolute atomic E-state index is 5.53. The quantitative estimate of drug-likeness (QED) is 0.615. The second kappa shape index (κ2) is 10.0. The summed E-state index contributed by atoms with van der Waals surface area (Å²) >= 11 is 0. The van der Waals surface area contributed by atoms with Crippen LogP contribution >= 0.6 is 0 Å². The van der Waals surface area contributed by atoms with Gasteiger partial charge in [0.1, 0.15) is 5.76 Å². The number of rotatable bonds is 11. The lowest BCUT2D eigenvalue weighted by Gasteiger charge is -2.24. The molecule has 0 aliphatic heterocycles. The molecule has 2 unspecified atom stereocenters. The smallest absolute Gasteiger partial charge is 0.122 e. The number of hydrogen-bond acceptors (Lipinski definition) is 3. The summed E-state index contributed by atoms with van der Waals surface area (Å²) in [6.45, 7) is 5.49. The second-order valence-corrected chi connectivity index (χ2v) is 6.01. The van der Waals surface area contributed by atoms with Gasteiger partial charge in [-0.1, -0.05) is 39.0 Å². The Hall–Kier alpha value is -0.800. The van der Waals surface area contributed by atoms with Crippen molar-refractivity contribution in [3.05, 3.63) is 24.2 Å². The first-order valence-corrected chi connectivity index (χ1v) is 8.08. The van der Waals surface area contributed by atoms with E-state index in [9.17, 15) is 0 Å². The highest BCUT2D eigenvalue weighted by atomic mass is 16.3. The van der Waals surface area contributed by atoms with Crippen molar-refractivity contribution in [3.8, 4) is 0 Å². The molecule has 0 saturated carbocycles. The van der Waals surface area contributed by atoms with E-state index in [-0.39, 0.29) is 0 Å². The third kappa shape index (κ3) is 6.58. The molecule has 0 fully saturated rings. The van der Waals surface area contributed by atoms with Gasteiger partial charge in [-0.15, -0.1) is 0 Å². The van der Waals surface area contributed by atoms with Crippen molar-refractivity contribution in [1.29, 1.82) is 0 Å². The van der Waals surface area contributed by atoms with Gasteiger partial charge in [0.25, 0.3) is 0 Å². The summed E-state index contributed by atoms with van der Waals surface area (Å²) < 4.78 is 5.53. The van der Waals surface area contributed by atoms with E-state index in [1.54, 1.807) is 6.26 Å². The summed E-state index contributed by atoms with van der Waals surface area (Å²) in [4.78, 5) is 2.21. The minimum Gasteiger partial charge on any atom is -0.468 e. The van der Waals surface area contributed by atoms with Crippen LogP contribution in [0, 0.1) is 0 Å². The molecule has 1 N–H and O–H groups in total. The monoisotopic (exact) mass is 280 g/mol. The van der Waals surface area contributed by atoms with Gasteiger partial charge >= 0.3 is 0 Å². The van der Waals surface area contributed by atoms with Crippen molar-refractivity contribution >= 4 is 0 Å². The van der Waals surface area contributed by atoms with E-state index in [1.165, 1.54) is 38.5 Å². The van der Waals surface area contributed by atoms with Crippen molar-refractivity contribution in [2.75, 3.05) is 20.6 Å². The minimum atomic E-state index is 0.313. The number of nitrogens with zero attached hydrogens (tertiary/aromatic N) is 1. The van der Waals surface area contributed by atoms with Crippen LogP contribution in [0.2, 0.25) is 0 Å². The Balaban J connectivity index is 2.22. The van der Waals surface area contributed by atoms with Crippen molar-refractivity contribution in [3.63, 3.8) is 0 Å². The van der Waals surface area contributed by atoms with E-state index < -0.39 is 0 Å². The molecule has 0 radical (unpaired) electrons. The molecule has 116 valence electrons. The highest BCUT2D eigenvalue weighted by Gasteiger charge is 2.17. The third-order valence-electron chi connectivity index (χ3n) is 3.90. The van der Waals surface area contributed by atoms with E-state index in [2.05, 4.69) is 44.2 Å². The van der Waals surface area contributed by atoms with Crippen LogP contribution in [0.25, 0.3) is 0 Å². The van der Waals surface area contributed by atoms with Gasteiger partial charge in [0, 0.05) is 12.6 Å². The molecular weight excluding hydrogens is 248 g/mol. The van der Waals surface area contributed by atoms with Gasteiger partial charge in [-0.05, 0) is 39.6 Å². The summed E-state index contributed by atoms with van der Waals surface area (Å²) in [5.41, 5.74) is 0. The largest absolute Gasteiger partial charge is 0.468 e. The predicted octanol–water partition coefficient (Wildman–Crippen LogP) is 4.22. The van der Waals surface area contributed by atoms with Crippen LogP contribution in [0.5, 0.6) is 0 Å². The molecule has 0 aromatic carbocycles. The van der Waals surface area contributed by atoms with Gasteiger partial charge in [-0.3, -0.25) is 4.90 Å². The second-order valence-electron chi connectivity index (χ2n) is 6.01. The zero-order valence-corrected chi connectivity index (χ0v) is 13.7. The molecule has 1 rings (SSSR count). The zero-order valence-electron chi connectivity index (χ0n) is 13.7. The maximum Gasteiger partial charge on any atom is 0.122 e. The van der Waals surface area contributed by atoms with Crippen LogP contribution in [0.1, 0.15) is 64.2 Å². The van der Waals surface area contributed by atoms with E-state index >= 15 is 0 Å². The fraction of sp³-hybridized carbons (Fsp3) is 0.765. The van der Waals surface area contributed by atoms with Crippen molar-refractivity contribution < 1.29 is 4.42 Å². The van der Waals surface area contributed by atoms with E-state index in [0.29, 0.717) is 12.1 Å². The van der Waals surface area contributed by atoms with Crippen LogP contribution in [0.3, 0.4) is 0 Å². The minimum absolute atomic E-state index is 0.313. The fourth-order valence-corrected chi connectivity index (χ4v) is 2.49. The average molecular weight is 280 g/mol. The first-order valence-electron chi connectivity index (χ1n) is 8.08. The van der Waals surface area contributed by atoms with Crippen molar-refractivity contribution in [2.45, 2.75) is 64.5 Å². The fourth-order valence-electron chi connectivity index (χ4n) is 2.49. The summed E-state index contributed by atoms with van der Waals surface area (Å²) in [5.74, 6) is 1.04. The Kier molecular flexibility index (Phi) is 8.63. The summed E-state index contributed by atoms with van der Waals surface area (Å²) in [5, 5.41) is 3.64. The molecule has 0 aliphatic carbocycles. The lowest BCUT2D eigenvalue weighted by atomic mass is 10.1. The standard InChI is InChI=1S/C17H32N2O/c1-5-6-7-8-9-11-15(2)18-14-16(19(3)4)17-12-10-13-20-17/h10,12-13,15-16,18H,5-9,11,14H2,1-4H3. The van der Waals surface area contributed by atoms with Gasteiger partial charge in [0.05, 0.1) is 12.3 Å². The van der Waals surface area contributed by atoms with Gasteiger partial charge in [0.2, 0.25) is 0 Å². The third-order valence-corrected chi connectivity index (χ3v) is 3.90. The van der Waals surface area contributed by atoms with E-state index in [1.807, 2.05) is 6.07 Å². The molecule has 0 amide bonds. The molecule has 0 bridgehead atoms. The molecule has 0 spiro atoms. The molecule has 3 heteroatoms. The molecule has 0 aliphatic rings. The molecule has 20 heavy (non-hydrogen) atoms. The van der Waals surface area contributed by atoms with Gasteiger partial charge in [-0.2, -0.15) is 0 Å². The summed E-state index contributed by atoms with van der Waals surface area (Å²) in [6, 6.07) is 4.91. The molecule has 3 nitrogen and oxygen atoms in total. The first-order chi connectivity index (χ1) is 9.65. The lowest BCUT2D eigenvalue weighted by molar-refractivity contribution is 0.243. The Morgan fingerprint density at radius 3 is 2.55 bits per heavy atom. The molecule has 1 aromatic heterocycles. The van der Waals surface area contributed by atoms with Crippen LogP contribution in [0.15, 0.2) is 22.8 Å². The number of furan rings is 1. The first kappa shape index (κ1) is 17.3. The summed E-state index contributed by atoms with van der Waals surface area (Å²) in [6.07, 6.45) is 9.81. The molecule has 0 saturated heterocycles. The van der Waals surface area contributed by atoms with Crippen LogP contribution in [0.4, 0.5) is 0 Å². The highest BCUT2D eigenvalue weighted by molar-refractivity contribution is 5.05. The molecular formula is C17H32N2O. The van der Waals surface area contributed by atoms with E-state index in [0.717, 1.165) is 12.3 Å². The van der Waals surface area contributed by atoms with Crippen LogP contribution < -0.4 is 5.32 Å². The Morgan fingerprint density at radius 2 is 1.95 bits per heavy atom. The number of likely N-dealkylation sites (N-methyl/N-ethyl adjacent to an activating group) is 1. The maximum atomic E-state index is 5.53. The number of nitrogens with one attached hydrogen (secondary N) is 1. The highest BCUT2D eigenvalue weighted by Crippen LogP contribution is 2.18. The predicted molar refractivity (Wildman–Crippen MR) is 86.0 cm³/mol. The topological polar surface area (TPSA) is 28.4 Å². The molecule has 1 aromatic rings. The van der Waals surface area contributed by atoms with Crippen molar-refractivity contribution in [2.24, 2.45) is 0 Å². The van der Waals surface area contributed by atoms with Crippen molar-refractivity contribution in [1.82, 2.24) is 10.2 Å². The normalized spacial score (nSPS) is 14.7. The number of hydrogen-bond donors (Lipinski definition) is 1. The van der Waals surface area contributed by atoms with Crippen LogP contribution in [-0.4, -0.2) is 31.6 Å². The Bertz CT molecular complexity index is 322. The number of unbranched alkanes of at least 4 members (excludes halogenated alkanes) is 4. The van der Waals surface area contributed by atoms with Gasteiger partial charge < -0.3 is 9.73 Å². The van der Waals surface area contributed by atoms with Gasteiger partial charge in [-0.25, -0.2) is 0 Å². The SMILES string of the molecule is CCCCCCCC(C)NCC(c1ccco1)N(C)C. The van der Waals surface area contributed by atoms with Crippen LogP contribution in [-0.2, 0) is 0 Å². The molecule has 1 heterocycles. The molecule has 2 atom stereocenters.